The van der Waals surface area contributed by atoms with Crippen molar-refractivity contribution < 1.29 is 4.79 Å². The molecule has 0 bridgehead atoms. The number of nitrogen functional groups attached to an aromatic ring is 1. The molecule has 0 saturated heterocycles. The number of anilines is 1. The first kappa shape index (κ1) is 10.5. The van der Waals surface area contributed by atoms with Crippen molar-refractivity contribution in [3.8, 4) is 0 Å². The van der Waals surface area contributed by atoms with Crippen LogP contribution < -0.4 is 11.5 Å². The van der Waals surface area contributed by atoms with Gasteiger partial charge >= 0.3 is 0 Å². The Morgan fingerprint density at radius 1 is 1.41 bits per heavy atom. The second kappa shape index (κ2) is 3.40. The highest BCUT2D eigenvalue weighted by atomic mass is 32.1. The standard InChI is InChI=1S/C11H12N4OS/c1-4-6-7(12)8(9(13)16)17-11(6)15-10(14-4)5-2-3-5/h5H,2-3,12H2,1H3,(H2,13,16). The fourth-order valence-electron chi connectivity index (χ4n) is 1.92. The summed E-state index contributed by atoms with van der Waals surface area (Å²) in [6.45, 7) is 1.89. The van der Waals surface area contributed by atoms with Crippen molar-refractivity contribution in [2.45, 2.75) is 25.7 Å². The minimum Gasteiger partial charge on any atom is -0.397 e. The molecule has 0 spiro atoms. The lowest BCUT2D eigenvalue weighted by molar-refractivity contribution is 0.100. The number of hydrogen-bond donors (Lipinski definition) is 2. The molecule has 2 aromatic rings. The maximum Gasteiger partial charge on any atom is 0.260 e. The molecule has 6 heteroatoms. The van der Waals surface area contributed by atoms with Crippen molar-refractivity contribution in [1.29, 1.82) is 0 Å². The maximum absolute atomic E-state index is 11.2. The van der Waals surface area contributed by atoms with Gasteiger partial charge in [-0.2, -0.15) is 0 Å². The monoisotopic (exact) mass is 248 g/mol. The quantitative estimate of drug-likeness (QED) is 0.843. The molecule has 1 amide bonds. The SMILES string of the molecule is Cc1nc(C2CC2)nc2sc(C(N)=O)c(N)c12. The molecule has 2 heterocycles. The van der Waals surface area contributed by atoms with Crippen LogP contribution in [-0.2, 0) is 0 Å². The van der Waals surface area contributed by atoms with E-state index < -0.39 is 5.91 Å². The number of hydrogen-bond acceptors (Lipinski definition) is 5. The van der Waals surface area contributed by atoms with Crippen molar-refractivity contribution in [2.24, 2.45) is 5.73 Å². The molecule has 2 aromatic heterocycles. The van der Waals surface area contributed by atoms with Crippen LogP contribution in [0.2, 0.25) is 0 Å². The van der Waals surface area contributed by atoms with Gasteiger partial charge in [0.1, 0.15) is 15.5 Å². The van der Waals surface area contributed by atoms with Crippen LogP contribution in [0.1, 0.15) is 39.9 Å². The molecule has 1 aliphatic rings. The van der Waals surface area contributed by atoms with Gasteiger partial charge in [-0.15, -0.1) is 11.3 Å². The molecular formula is C11H12N4OS. The summed E-state index contributed by atoms with van der Waals surface area (Å²) in [6, 6.07) is 0. The topological polar surface area (TPSA) is 94.9 Å². The number of nitrogens with zero attached hydrogens (tertiary/aromatic N) is 2. The molecule has 1 saturated carbocycles. The van der Waals surface area contributed by atoms with Gasteiger partial charge in [0.25, 0.3) is 5.91 Å². The van der Waals surface area contributed by atoms with Gasteiger partial charge in [0.05, 0.1) is 16.8 Å². The van der Waals surface area contributed by atoms with E-state index in [-0.39, 0.29) is 0 Å². The average Bonchev–Trinajstić information content (AvgIpc) is 3.03. The third-order valence-corrected chi connectivity index (χ3v) is 4.07. The Hall–Kier alpha value is -1.69. The molecule has 0 radical (unpaired) electrons. The number of aromatic nitrogens is 2. The van der Waals surface area contributed by atoms with Gasteiger partial charge in [-0.1, -0.05) is 0 Å². The minimum absolute atomic E-state index is 0.380. The molecule has 88 valence electrons. The van der Waals surface area contributed by atoms with Gasteiger partial charge in [-0.05, 0) is 19.8 Å². The van der Waals surface area contributed by atoms with Crippen LogP contribution in [0.3, 0.4) is 0 Å². The van der Waals surface area contributed by atoms with Gasteiger partial charge in [-0.3, -0.25) is 4.79 Å². The molecule has 17 heavy (non-hydrogen) atoms. The lowest BCUT2D eigenvalue weighted by Crippen LogP contribution is -2.10. The van der Waals surface area contributed by atoms with E-state index in [0.29, 0.717) is 16.5 Å². The third-order valence-electron chi connectivity index (χ3n) is 2.95. The number of rotatable bonds is 2. The summed E-state index contributed by atoms with van der Waals surface area (Å²) in [5.41, 5.74) is 12.4. The summed E-state index contributed by atoms with van der Waals surface area (Å²) in [4.78, 5) is 21.3. The largest absolute Gasteiger partial charge is 0.397 e. The summed E-state index contributed by atoms with van der Waals surface area (Å²) in [7, 11) is 0. The first-order chi connectivity index (χ1) is 8.08. The van der Waals surface area contributed by atoms with Gasteiger partial charge in [0, 0.05) is 5.92 Å². The number of thiophene rings is 1. The maximum atomic E-state index is 11.2. The zero-order chi connectivity index (χ0) is 12.2. The number of primary amides is 1. The number of carbonyl (C=O) groups is 1. The van der Waals surface area contributed by atoms with E-state index in [0.717, 1.165) is 34.6 Å². The van der Waals surface area contributed by atoms with E-state index in [1.165, 1.54) is 11.3 Å². The van der Waals surface area contributed by atoms with E-state index in [1.54, 1.807) is 0 Å². The fraction of sp³-hybridized carbons (Fsp3) is 0.364. The fourth-order valence-corrected chi connectivity index (χ4v) is 2.93. The first-order valence-electron chi connectivity index (χ1n) is 5.44. The molecule has 1 aliphatic carbocycles. The second-order valence-electron chi connectivity index (χ2n) is 4.33. The highest BCUT2D eigenvalue weighted by molar-refractivity contribution is 7.21. The second-order valence-corrected chi connectivity index (χ2v) is 5.33. The zero-order valence-corrected chi connectivity index (χ0v) is 10.2. The van der Waals surface area contributed by atoms with Gasteiger partial charge in [0.15, 0.2) is 0 Å². The van der Waals surface area contributed by atoms with Crippen LogP contribution in [-0.4, -0.2) is 15.9 Å². The van der Waals surface area contributed by atoms with E-state index in [2.05, 4.69) is 9.97 Å². The van der Waals surface area contributed by atoms with Crippen LogP contribution in [0.5, 0.6) is 0 Å². The number of amides is 1. The highest BCUT2D eigenvalue weighted by Gasteiger charge is 2.28. The Morgan fingerprint density at radius 3 is 2.71 bits per heavy atom. The van der Waals surface area contributed by atoms with E-state index >= 15 is 0 Å². The van der Waals surface area contributed by atoms with Crippen molar-refractivity contribution >= 4 is 33.1 Å². The van der Waals surface area contributed by atoms with Crippen LogP contribution in [0, 0.1) is 6.92 Å². The highest BCUT2D eigenvalue weighted by Crippen LogP contribution is 2.41. The van der Waals surface area contributed by atoms with Gasteiger partial charge < -0.3 is 11.5 Å². The van der Waals surface area contributed by atoms with Gasteiger partial charge in [0.2, 0.25) is 0 Å². The van der Waals surface area contributed by atoms with Crippen molar-refractivity contribution in [3.05, 3.63) is 16.4 Å². The molecular weight excluding hydrogens is 236 g/mol. The molecule has 0 unspecified atom stereocenters. The normalized spacial score (nSPS) is 15.4. The van der Waals surface area contributed by atoms with Gasteiger partial charge in [-0.25, -0.2) is 9.97 Å². The predicted octanol–water partition coefficient (Wildman–Crippen LogP) is 1.56. The Labute approximate surface area is 102 Å². The zero-order valence-electron chi connectivity index (χ0n) is 9.36. The molecule has 3 rings (SSSR count). The number of nitrogens with two attached hydrogens (primary N) is 2. The van der Waals surface area contributed by atoms with E-state index in [9.17, 15) is 4.79 Å². The lowest BCUT2D eigenvalue weighted by Gasteiger charge is -2.01. The number of fused-ring (bicyclic) bond motifs is 1. The van der Waals surface area contributed by atoms with Crippen LogP contribution in [0.15, 0.2) is 0 Å². The van der Waals surface area contributed by atoms with Crippen molar-refractivity contribution in [2.75, 3.05) is 5.73 Å². The molecule has 0 atom stereocenters. The van der Waals surface area contributed by atoms with Crippen molar-refractivity contribution in [3.63, 3.8) is 0 Å². The molecule has 1 fully saturated rings. The summed E-state index contributed by atoms with van der Waals surface area (Å²) in [6.07, 6.45) is 2.29. The molecule has 4 N–H and O–H groups in total. The average molecular weight is 248 g/mol. The first-order valence-corrected chi connectivity index (χ1v) is 6.26. The summed E-state index contributed by atoms with van der Waals surface area (Å²) >= 11 is 1.25. The molecule has 0 aliphatic heterocycles. The Balaban J connectivity index is 2.28. The minimum atomic E-state index is -0.502. The number of carbonyl (C=O) groups excluding carboxylic acids is 1. The van der Waals surface area contributed by atoms with Crippen LogP contribution in [0.25, 0.3) is 10.2 Å². The third kappa shape index (κ3) is 1.56. The smallest absolute Gasteiger partial charge is 0.260 e. The Morgan fingerprint density at radius 2 is 2.12 bits per heavy atom. The van der Waals surface area contributed by atoms with Crippen molar-refractivity contribution in [1.82, 2.24) is 9.97 Å². The van der Waals surface area contributed by atoms with E-state index in [4.69, 9.17) is 11.5 Å². The molecule has 0 aromatic carbocycles. The predicted molar refractivity (Wildman–Crippen MR) is 67.1 cm³/mol. The Kier molecular flexibility index (Phi) is 2.09. The van der Waals surface area contributed by atoms with Crippen LogP contribution in [0.4, 0.5) is 5.69 Å². The number of aryl methyl sites for hydroxylation is 1. The summed E-state index contributed by atoms with van der Waals surface area (Å²) < 4.78 is 0. The lowest BCUT2D eigenvalue weighted by atomic mass is 10.2. The molecule has 5 nitrogen and oxygen atoms in total. The summed E-state index contributed by atoms with van der Waals surface area (Å²) in [5, 5.41) is 0.771. The van der Waals surface area contributed by atoms with E-state index in [1.807, 2.05) is 6.92 Å². The Bertz CT molecular complexity index is 630. The van der Waals surface area contributed by atoms with Crippen LogP contribution >= 0.6 is 11.3 Å². The summed E-state index contributed by atoms with van der Waals surface area (Å²) in [5.74, 6) is 0.851.